The molecule has 12 aromatic rings. The van der Waals surface area contributed by atoms with Gasteiger partial charge in [-0.05, 0) is 282 Å². The third kappa shape index (κ3) is 11.2. The molecule has 530 valence electrons. The molecule has 0 bridgehead atoms. The molecule has 4 aliphatic heterocycles. The Balaban J connectivity index is 0.953. The fraction of sp³-hybridized carbons (Fsp3) is 0.304. The second kappa shape index (κ2) is 24.5. The summed E-state index contributed by atoms with van der Waals surface area (Å²) in [5.41, 5.74) is 18.2. The number of H-pyrrole nitrogens is 4. The number of ether oxygens (including phenoxy) is 4. The fourth-order valence-corrected chi connectivity index (χ4v) is 16.8. The number of phenols is 4. The van der Waals surface area contributed by atoms with Crippen LogP contribution in [-0.4, -0.2) is 62.8 Å². The standard InChI is InChI=1S/C92H94N4O8/c1-47(2)21-17-29-89(13)33-25-55-77-62(37-51(9)85(55)101-89)59-41-61(73(97)45-71(59)93-77)68-43-66-64-39-53(11)87-57(27-35-91(15,103-87)31-19-23-49(5)6)79(64)96-82(66)76(83(68)99)70-44-67-65-40-54(12)88-58(28-36-92(16,104-88)32-20-24-50(7)8)80(65)95-81(67)75(84(70)100)69-42-60-63-38-52(10)86-56(78(63)94-72(60)46-74(69)98)26-34-90(14,102-86)30-18-22-48(3)4/h21-28,33-46,93-100H,17-20,29-32H2,1-16H3. The predicted molar refractivity (Wildman–Crippen MR) is 433 cm³/mol. The molecule has 16 rings (SSSR count). The molecule has 0 saturated carbocycles. The second-order valence-corrected chi connectivity index (χ2v) is 32.2. The molecule has 0 radical (unpaired) electrons. The van der Waals surface area contributed by atoms with Gasteiger partial charge in [0.15, 0.2) is 0 Å². The molecule has 4 aliphatic rings. The first-order valence-electron chi connectivity index (χ1n) is 36.9. The van der Waals surface area contributed by atoms with E-state index >= 15 is 0 Å². The van der Waals surface area contributed by atoms with Crippen LogP contribution in [-0.2, 0) is 0 Å². The highest BCUT2D eigenvalue weighted by Gasteiger charge is 2.37. The van der Waals surface area contributed by atoms with E-state index in [0.717, 1.165) is 184 Å². The van der Waals surface area contributed by atoms with Crippen LogP contribution in [0.3, 0.4) is 0 Å². The molecule has 0 fully saturated rings. The number of aryl methyl sites for hydroxylation is 4. The average Bonchev–Trinajstić information content (AvgIpc) is 1.51. The largest absolute Gasteiger partial charge is 0.507 e. The number of benzene rings is 8. The Morgan fingerprint density at radius 3 is 0.942 bits per heavy atom. The van der Waals surface area contributed by atoms with Gasteiger partial charge in [-0.2, -0.15) is 0 Å². The molecule has 0 saturated heterocycles. The molecule has 8 aromatic carbocycles. The van der Waals surface area contributed by atoms with Gasteiger partial charge in [-0.1, -0.05) is 46.6 Å². The number of aromatic nitrogens is 4. The number of allylic oxidation sites excluding steroid dienone is 8. The van der Waals surface area contributed by atoms with Crippen LogP contribution >= 0.6 is 0 Å². The number of aromatic hydroxyl groups is 4. The lowest BCUT2D eigenvalue weighted by Crippen LogP contribution is -2.32. The zero-order valence-electron chi connectivity index (χ0n) is 62.8. The number of nitrogens with one attached hydrogen (secondary N) is 4. The minimum Gasteiger partial charge on any atom is -0.507 e. The van der Waals surface area contributed by atoms with Gasteiger partial charge in [0.1, 0.15) is 68.4 Å². The second-order valence-electron chi connectivity index (χ2n) is 32.2. The zero-order chi connectivity index (χ0) is 73.1. The quantitative estimate of drug-likeness (QED) is 0.0467. The number of hydrogen-bond donors (Lipinski definition) is 8. The van der Waals surface area contributed by atoms with E-state index in [-0.39, 0.29) is 28.6 Å². The summed E-state index contributed by atoms with van der Waals surface area (Å²) in [7, 11) is 0. The van der Waals surface area contributed by atoms with Gasteiger partial charge in [-0.25, -0.2) is 0 Å². The van der Waals surface area contributed by atoms with Crippen LogP contribution in [0.1, 0.15) is 179 Å². The van der Waals surface area contributed by atoms with E-state index in [1.54, 1.807) is 12.1 Å². The maximum Gasteiger partial charge on any atom is 0.133 e. The number of aromatic amines is 4. The number of phenolic OH excluding ortho intramolecular Hbond substituents is 4. The summed E-state index contributed by atoms with van der Waals surface area (Å²) in [5, 5.41) is 60.4. The normalized spacial score (nSPS) is 19.3. The highest BCUT2D eigenvalue weighted by Crippen LogP contribution is 2.58. The van der Waals surface area contributed by atoms with Crippen molar-refractivity contribution in [3.8, 4) is 79.4 Å². The molecule has 8 N–H and O–H groups in total. The summed E-state index contributed by atoms with van der Waals surface area (Å²) in [4.78, 5) is 15.1. The van der Waals surface area contributed by atoms with E-state index in [1.807, 2.05) is 24.3 Å². The Labute approximate surface area is 607 Å². The first-order chi connectivity index (χ1) is 49.5. The molecule has 8 heterocycles. The summed E-state index contributed by atoms with van der Waals surface area (Å²) in [6, 6.07) is 20.0. The van der Waals surface area contributed by atoms with Crippen molar-refractivity contribution >= 4 is 112 Å². The molecule has 0 amide bonds. The van der Waals surface area contributed by atoms with Gasteiger partial charge in [-0.15, -0.1) is 0 Å². The first kappa shape index (κ1) is 67.7. The Bertz CT molecular complexity index is 6000. The smallest absolute Gasteiger partial charge is 0.133 e. The molecule has 0 aliphatic carbocycles. The van der Waals surface area contributed by atoms with Gasteiger partial charge in [0.25, 0.3) is 0 Å². The maximum absolute atomic E-state index is 14.1. The molecule has 104 heavy (non-hydrogen) atoms. The van der Waals surface area contributed by atoms with Crippen LogP contribution in [0.5, 0.6) is 46.0 Å². The van der Waals surface area contributed by atoms with Gasteiger partial charge in [-0.3, -0.25) is 0 Å². The molecule has 12 nitrogen and oxygen atoms in total. The van der Waals surface area contributed by atoms with Gasteiger partial charge in [0.2, 0.25) is 0 Å². The Morgan fingerprint density at radius 1 is 0.327 bits per heavy atom. The Kier molecular flexibility index (Phi) is 15.9. The van der Waals surface area contributed by atoms with Crippen LogP contribution in [0, 0.1) is 27.7 Å². The monoisotopic (exact) mass is 1380 g/mol. The van der Waals surface area contributed by atoms with Gasteiger partial charge >= 0.3 is 0 Å². The van der Waals surface area contributed by atoms with E-state index in [1.165, 1.54) is 22.3 Å². The molecular formula is C92H94N4O8. The lowest BCUT2D eigenvalue weighted by Gasteiger charge is -2.32. The van der Waals surface area contributed by atoms with E-state index < -0.39 is 22.4 Å². The lowest BCUT2D eigenvalue weighted by atomic mass is 9.88. The fourth-order valence-electron chi connectivity index (χ4n) is 16.8. The van der Waals surface area contributed by atoms with Crippen LogP contribution < -0.4 is 18.9 Å². The molecule has 0 spiro atoms. The molecule has 4 unspecified atom stereocenters. The van der Waals surface area contributed by atoms with Crippen molar-refractivity contribution in [3.63, 3.8) is 0 Å². The van der Waals surface area contributed by atoms with Crippen molar-refractivity contribution in [2.24, 2.45) is 0 Å². The molecule has 4 aromatic heterocycles. The summed E-state index contributed by atoms with van der Waals surface area (Å²) < 4.78 is 28.0. The van der Waals surface area contributed by atoms with Crippen molar-refractivity contribution in [1.29, 1.82) is 0 Å². The van der Waals surface area contributed by atoms with Crippen LogP contribution in [0.15, 0.2) is 132 Å². The van der Waals surface area contributed by atoms with Crippen molar-refractivity contribution in [1.82, 2.24) is 19.9 Å². The van der Waals surface area contributed by atoms with Crippen molar-refractivity contribution in [3.05, 3.63) is 176 Å². The maximum atomic E-state index is 14.1. The Hall–Kier alpha value is -10.7. The highest BCUT2D eigenvalue weighted by atomic mass is 16.5. The minimum atomic E-state index is -0.578. The topological polar surface area (TPSA) is 181 Å². The average molecular weight is 1380 g/mol. The molecule has 4 atom stereocenters. The van der Waals surface area contributed by atoms with E-state index in [2.05, 4.69) is 228 Å². The molecule has 12 heteroatoms. The minimum absolute atomic E-state index is 0.0597. The summed E-state index contributed by atoms with van der Waals surface area (Å²) in [5.74, 6) is 2.65. The van der Waals surface area contributed by atoms with Crippen LogP contribution in [0.4, 0.5) is 0 Å². The summed E-state index contributed by atoms with van der Waals surface area (Å²) >= 11 is 0. The van der Waals surface area contributed by atoms with E-state index in [9.17, 15) is 20.4 Å². The van der Waals surface area contributed by atoms with Gasteiger partial charge < -0.3 is 59.3 Å². The van der Waals surface area contributed by atoms with Gasteiger partial charge in [0, 0.05) is 99.7 Å². The lowest BCUT2D eigenvalue weighted by molar-refractivity contribution is 0.127. The molecular weight excluding hydrogens is 1290 g/mol. The van der Waals surface area contributed by atoms with Crippen molar-refractivity contribution < 1.29 is 39.4 Å². The van der Waals surface area contributed by atoms with Crippen LogP contribution in [0.2, 0.25) is 0 Å². The highest BCUT2D eigenvalue weighted by molar-refractivity contribution is 6.24. The van der Waals surface area contributed by atoms with Crippen molar-refractivity contribution in [2.45, 2.75) is 185 Å². The Morgan fingerprint density at radius 2 is 0.596 bits per heavy atom. The first-order valence-corrected chi connectivity index (χ1v) is 36.9. The predicted octanol–water partition coefficient (Wildman–Crippen LogP) is 24.9. The number of rotatable bonds is 15. The summed E-state index contributed by atoms with van der Waals surface area (Å²) in [6.45, 7) is 33.8. The summed E-state index contributed by atoms with van der Waals surface area (Å²) in [6.07, 6.45) is 33.0. The number of hydrogen-bond acceptors (Lipinski definition) is 8. The van der Waals surface area contributed by atoms with Crippen LogP contribution in [0.25, 0.3) is 145 Å². The third-order valence-corrected chi connectivity index (χ3v) is 22.4. The third-order valence-electron chi connectivity index (χ3n) is 22.4. The van der Waals surface area contributed by atoms with E-state index in [0.29, 0.717) is 49.9 Å². The van der Waals surface area contributed by atoms with E-state index in [4.69, 9.17) is 18.9 Å². The number of fused-ring (bicyclic) bond motifs is 20. The van der Waals surface area contributed by atoms with Crippen molar-refractivity contribution in [2.75, 3.05) is 0 Å². The SMILES string of the molecule is CC(C)=CCCC1(C)C=Cc2c(c(C)cc3c2[nH]c2cc(O)c(-c4cc5c([nH]c6c7c(c(C)cc65)OC(C)(CCC=C(C)C)C=C7)c(-c5cc6c([nH]c7c8c(c(C)cc76)OC(C)(CCC=C(C)C)C=C8)c(-c6cc7c(cc6O)[nH]c6c8c(c(C)cc67)OC(C)(CCC=C(C)C)C=C8)c5O)c4O)cc23)O1. The zero-order valence-corrected chi connectivity index (χ0v) is 62.8. The van der Waals surface area contributed by atoms with Gasteiger partial charge in [0.05, 0.1) is 55.3 Å².